The maximum absolute atomic E-state index is 3.45. The molecular weight excluding hydrogens is 224 g/mol. The monoisotopic (exact) mass is 254 g/mol. The van der Waals surface area contributed by atoms with Crippen LogP contribution in [0.4, 0.5) is 0 Å². The molecule has 0 amide bonds. The molecule has 0 saturated carbocycles. The second kappa shape index (κ2) is 6.33. The standard InChI is InChI=1S/C14H30N4/c1-12(18-9-6-15-7-10-18)14(16(2)3)13-5-8-17(4)11-13/h12-15H,5-11H2,1-4H3. The summed E-state index contributed by atoms with van der Waals surface area (Å²) in [6.45, 7) is 9.66. The summed E-state index contributed by atoms with van der Waals surface area (Å²) in [5, 5.41) is 3.45. The van der Waals surface area contributed by atoms with Crippen LogP contribution in [0.3, 0.4) is 0 Å². The highest BCUT2D eigenvalue weighted by atomic mass is 15.3. The summed E-state index contributed by atoms with van der Waals surface area (Å²) in [6.07, 6.45) is 1.36. The van der Waals surface area contributed by atoms with Gasteiger partial charge in [-0.15, -0.1) is 0 Å². The van der Waals surface area contributed by atoms with Gasteiger partial charge in [-0.25, -0.2) is 0 Å². The molecular formula is C14H30N4. The Balaban J connectivity index is 1.99. The number of rotatable bonds is 4. The molecule has 0 bridgehead atoms. The van der Waals surface area contributed by atoms with Gasteiger partial charge < -0.3 is 15.1 Å². The zero-order valence-corrected chi connectivity index (χ0v) is 12.5. The van der Waals surface area contributed by atoms with E-state index in [2.05, 4.69) is 48.1 Å². The predicted octanol–water partition coefficient (Wildman–Crippen LogP) is 0.162. The van der Waals surface area contributed by atoms with Gasteiger partial charge in [0, 0.05) is 44.8 Å². The van der Waals surface area contributed by atoms with Crippen molar-refractivity contribution in [2.75, 3.05) is 60.4 Å². The van der Waals surface area contributed by atoms with Gasteiger partial charge in [0.1, 0.15) is 0 Å². The number of nitrogens with zero attached hydrogens (tertiary/aromatic N) is 3. The summed E-state index contributed by atoms with van der Waals surface area (Å²) in [7, 11) is 6.76. The second-order valence-corrected chi connectivity index (χ2v) is 6.29. The molecule has 0 spiro atoms. The zero-order chi connectivity index (χ0) is 13.1. The molecule has 3 atom stereocenters. The average Bonchev–Trinajstić information content (AvgIpc) is 2.76. The van der Waals surface area contributed by atoms with Crippen LogP contribution in [0.2, 0.25) is 0 Å². The molecule has 18 heavy (non-hydrogen) atoms. The maximum Gasteiger partial charge on any atom is 0.0283 e. The van der Waals surface area contributed by atoms with Crippen LogP contribution in [0.15, 0.2) is 0 Å². The van der Waals surface area contributed by atoms with Crippen LogP contribution < -0.4 is 5.32 Å². The third-order valence-corrected chi connectivity index (χ3v) is 4.73. The van der Waals surface area contributed by atoms with Gasteiger partial charge >= 0.3 is 0 Å². The van der Waals surface area contributed by atoms with Crippen molar-refractivity contribution in [2.24, 2.45) is 5.92 Å². The van der Waals surface area contributed by atoms with Crippen molar-refractivity contribution in [3.63, 3.8) is 0 Å². The van der Waals surface area contributed by atoms with E-state index < -0.39 is 0 Å². The molecule has 0 aromatic heterocycles. The van der Waals surface area contributed by atoms with Crippen LogP contribution in [-0.2, 0) is 0 Å². The van der Waals surface area contributed by atoms with E-state index in [0.717, 1.165) is 19.0 Å². The lowest BCUT2D eigenvalue weighted by Crippen LogP contribution is -2.56. The van der Waals surface area contributed by atoms with Gasteiger partial charge in [0.05, 0.1) is 0 Å². The van der Waals surface area contributed by atoms with E-state index in [-0.39, 0.29) is 0 Å². The molecule has 2 rings (SSSR count). The first kappa shape index (κ1) is 14.3. The van der Waals surface area contributed by atoms with Crippen molar-refractivity contribution in [3.05, 3.63) is 0 Å². The Morgan fingerprint density at radius 1 is 1.17 bits per heavy atom. The minimum absolute atomic E-state index is 0.665. The van der Waals surface area contributed by atoms with Crippen molar-refractivity contribution >= 4 is 0 Å². The van der Waals surface area contributed by atoms with Crippen molar-refractivity contribution in [1.82, 2.24) is 20.0 Å². The lowest BCUT2D eigenvalue weighted by molar-refractivity contribution is 0.0742. The van der Waals surface area contributed by atoms with E-state index in [4.69, 9.17) is 0 Å². The first-order chi connectivity index (χ1) is 8.59. The molecule has 4 heteroatoms. The van der Waals surface area contributed by atoms with Crippen LogP contribution in [0, 0.1) is 5.92 Å². The number of hydrogen-bond acceptors (Lipinski definition) is 4. The van der Waals surface area contributed by atoms with Gasteiger partial charge in [-0.2, -0.15) is 0 Å². The summed E-state index contributed by atoms with van der Waals surface area (Å²) in [5.74, 6) is 0.829. The van der Waals surface area contributed by atoms with E-state index in [1.54, 1.807) is 0 Å². The van der Waals surface area contributed by atoms with E-state index in [1.165, 1.54) is 32.6 Å². The van der Waals surface area contributed by atoms with E-state index in [1.807, 2.05) is 0 Å². The quantitative estimate of drug-likeness (QED) is 0.771. The second-order valence-electron chi connectivity index (χ2n) is 6.29. The lowest BCUT2D eigenvalue weighted by atomic mass is 9.91. The Kier molecular flexibility index (Phi) is 5.01. The molecule has 4 nitrogen and oxygen atoms in total. The smallest absolute Gasteiger partial charge is 0.0283 e. The summed E-state index contributed by atoms with van der Waals surface area (Å²) in [4.78, 5) is 7.60. The summed E-state index contributed by atoms with van der Waals surface area (Å²) in [5.41, 5.74) is 0. The van der Waals surface area contributed by atoms with Crippen LogP contribution in [0.25, 0.3) is 0 Å². The highest BCUT2D eigenvalue weighted by Crippen LogP contribution is 2.25. The van der Waals surface area contributed by atoms with Gasteiger partial charge in [0.15, 0.2) is 0 Å². The van der Waals surface area contributed by atoms with Crippen LogP contribution in [-0.4, -0.2) is 87.2 Å². The number of hydrogen-bond donors (Lipinski definition) is 1. The Morgan fingerprint density at radius 3 is 2.33 bits per heavy atom. The molecule has 0 radical (unpaired) electrons. The molecule has 0 aromatic carbocycles. The lowest BCUT2D eigenvalue weighted by Gasteiger charge is -2.42. The average molecular weight is 254 g/mol. The summed E-state index contributed by atoms with van der Waals surface area (Å²) in [6, 6.07) is 1.35. The van der Waals surface area contributed by atoms with Crippen molar-refractivity contribution in [2.45, 2.75) is 25.4 Å². The third-order valence-electron chi connectivity index (χ3n) is 4.73. The highest BCUT2D eigenvalue weighted by Gasteiger charge is 2.35. The maximum atomic E-state index is 3.45. The Bertz CT molecular complexity index is 250. The van der Waals surface area contributed by atoms with Crippen LogP contribution in [0.5, 0.6) is 0 Å². The fraction of sp³-hybridized carbons (Fsp3) is 1.00. The molecule has 2 aliphatic rings. The first-order valence-electron chi connectivity index (χ1n) is 7.39. The summed E-state index contributed by atoms with van der Waals surface area (Å²) >= 11 is 0. The molecule has 3 unspecified atom stereocenters. The van der Waals surface area contributed by atoms with E-state index in [9.17, 15) is 0 Å². The highest BCUT2D eigenvalue weighted by molar-refractivity contribution is 4.92. The SMILES string of the molecule is CC(C(C1CCN(C)C1)N(C)C)N1CCNCC1. The van der Waals surface area contributed by atoms with Gasteiger partial charge in [0.25, 0.3) is 0 Å². The van der Waals surface area contributed by atoms with E-state index >= 15 is 0 Å². The molecule has 2 aliphatic heterocycles. The fourth-order valence-electron chi connectivity index (χ4n) is 3.80. The normalized spacial score (nSPS) is 30.8. The molecule has 0 aliphatic carbocycles. The molecule has 2 saturated heterocycles. The number of nitrogens with one attached hydrogen (secondary N) is 1. The van der Waals surface area contributed by atoms with Gasteiger partial charge in [0.2, 0.25) is 0 Å². The van der Waals surface area contributed by atoms with Gasteiger partial charge in [-0.1, -0.05) is 0 Å². The summed E-state index contributed by atoms with van der Waals surface area (Å²) < 4.78 is 0. The predicted molar refractivity (Wildman–Crippen MR) is 77.0 cm³/mol. The van der Waals surface area contributed by atoms with Crippen LogP contribution in [0.1, 0.15) is 13.3 Å². The Labute approximate surface area is 112 Å². The minimum atomic E-state index is 0.665. The van der Waals surface area contributed by atoms with Crippen molar-refractivity contribution < 1.29 is 0 Å². The molecule has 0 aromatic rings. The molecule has 1 N–H and O–H groups in total. The number of piperazine rings is 1. The zero-order valence-electron chi connectivity index (χ0n) is 12.5. The fourth-order valence-corrected chi connectivity index (χ4v) is 3.80. The molecule has 2 heterocycles. The van der Waals surface area contributed by atoms with E-state index in [0.29, 0.717) is 12.1 Å². The third kappa shape index (κ3) is 3.23. The molecule has 106 valence electrons. The number of likely N-dealkylation sites (tertiary alicyclic amines) is 1. The topological polar surface area (TPSA) is 21.8 Å². The minimum Gasteiger partial charge on any atom is -0.314 e. The van der Waals surface area contributed by atoms with Crippen molar-refractivity contribution in [1.29, 1.82) is 0 Å². The Hall–Kier alpha value is -0.160. The largest absolute Gasteiger partial charge is 0.314 e. The van der Waals surface area contributed by atoms with Crippen LogP contribution >= 0.6 is 0 Å². The first-order valence-corrected chi connectivity index (χ1v) is 7.39. The van der Waals surface area contributed by atoms with Gasteiger partial charge in [-0.3, -0.25) is 4.90 Å². The number of likely N-dealkylation sites (N-methyl/N-ethyl adjacent to an activating group) is 1. The molecule has 2 fully saturated rings. The van der Waals surface area contributed by atoms with Crippen molar-refractivity contribution in [3.8, 4) is 0 Å². The Morgan fingerprint density at radius 2 is 1.83 bits per heavy atom. The van der Waals surface area contributed by atoms with Gasteiger partial charge in [-0.05, 0) is 47.0 Å².